The quantitative estimate of drug-likeness (QED) is 0.704. The van der Waals surface area contributed by atoms with Gasteiger partial charge in [-0.3, -0.25) is 4.79 Å². The van der Waals surface area contributed by atoms with Crippen molar-refractivity contribution in [3.63, 3.8) is 0 Å². The summed E-state index contributed by atoms with van der Waals surface area (Å²) in [7, 11) is 0. The van der Waals surface area contributed by atoms with Crippen LogP contribution in [0.4, 0.5) is 0 Å². The number of nitrogens with zero attached hydrogens (tertiary/aromatic N) is 2. The van der Waals surface area contributed by atoms with Crippen molar-refractivity contribution in [3.05, 3.63) is 18.7 Å². The fourth-order valence-corrected chi connectivity index (χ4v) is 1.16. The summed E-state index contributed by atoms with van der Waals surface area (Å²) in [6, 6.07) is 0. The molecule has 1 unspecified atom stereocenters. The van der Waals surface area contributed by atoms with Crippen molar-refractivity contribution in [2.45, 2.75) is 32.4 Å². The fraction of sp³-hybridized carbons (Fsp3) is 0.600. The Morgan fingerprint density at radius 1 is 1.67 bits per heavy atom. The number of carbonyl (C=O) groups is 1. The topological polar surface area (TPSA) is 67.2 Å². The highest BCUT2D eigenvalue weighted by atomic mass is 16.3. The number of rotatable bonds is 6. The van der Waals surface area contributed by atoms with Crippen molar-refractivity contribution in [3.8, 4) is 0 Å². The highest BCUT2D eigenvalue weighted by molar-refractivity contribution is 5.75. The SMILES string of the molecule is CC(O)CCNC(=O)CCn1ccnc1. The van der Waals surface area contributed by atoms with E-state index in [1.54, 1.807) is 19.4 Å². The maximum Gasteiger partial charge on any atom is 0.221 e. The summed E-state index contributed by atoms with van der Waals surface area (Å²) >= 11 is 0. The minimum absolute atomic E-state index is 0.00403. The third kappa shape index (κ3) is 5.17. The van der Waals surface area contributed by atoms with Gasteiger partial charge >= 0.3 is 0 Å². The average molecular weight is 211 g/mol. The minimum atomic E-state index is -0.362. The van der Waals surface area contributed by atoms with Gasteiger partial charge in [-0.2, -0.15) is 0 Å². The van der Waals surface area contributed by atoms with Crippen LogP contribution in [-0.4, -0.2) is 33.2 Å². The maximum absolute atomic E-state index is 11.3. The van der Waals surface area contributed by atoms with Crippen molar-refractivity contribution in [2.24, 2.45) is 0 Å². The molecule has 84 valence electrons. The van der Waals surface area contributed by atoms with Gasteiger partial charge in [0, 0.05) is 31.9 Å². The number of aliphatic hydroxyl groups is 1. The Labute approximate surface area is 89.1 Å². The smallest absolute Gasteiger partial charge is 0.221 e. The monoisotopic (exact) mass is 211 g/mol. The summed E-state index contributed by atoms with van der Waals surface area (Å²) in [5, 5.41) is 11.7. The van der Waals surface area contributed by atoms with Crippen molar-refractivity contribution in [1.82, 2.24) is 14.9 Å². The molecule has 0 aliphatic rings. The molecular formula is C10H17N3O2. The standard InChI is InChI=1S/C10H17N3O2/c1-9(14)2-4-12-10(15)3-6-13-7-5-11-8-13/h5,7-9,14H,2-4,6H2,1H3,(H,12,15). The van der Waals surface area contributed by atoms with Crippen LogP contribution < -0.4 is 5.32 Å². The molecule has 15 heavy (non-hydrogen) atoms. The number of imidazole rings is 1. The van der Waals surface area contributed by atoms with Gasteiger partial charge in [-0.05, 0) is 13.3 Å². The Morgan fingerprint density at radius 3 is 3.07 bits per heavy atom. The van der Waals surface area contributed by atoms with Crippen LogP contribution in [0.25, 0.3) is 0 Å². The molecule has 1 atom stereocenters. The molecule has 0 aliphatic carbocycles. The van der Waals surface area contributed by atoms with E-state index in [1.807, 2.05) is 10.8 Å². The molecule has 0 saturated carbocycles. The number of carbonyl (C=O) groups excluding carboxylic acids is 1. The number of aryl methyl sites for hydroxylation is 1. The van der Waals surface area contributed by atoms with Gasteiger partial charge in [-0.15, -0.1) is 0 Å². The summed E-state index contributed by atoms with van der Waals surface area (Å²) in [5.41, 5.74) is 0. The van der Waals surface area contributed by atoms with Gasteiger partial charge in [0.25, 0.3) is 0 Å². The van der Waals surface area contributed by atoms with Gasteiger partial charge in [0.1, 0.15) is 0 Å². The second-order valence-corrected chi connectivity index (χ2v) is 3.54. The molecule has 1 aromatic heterocycles. The number of aliphatic hydroxyl groups excluding tert-OH is 1. The lowest BCUT2D eigenvalue weighted by Gasteiger charge is -2.06. The van der Waals surface area contributed by atoms with Crippen LogP contribution in [0.3, 0.4) is 0 Å². The normalized spacial score (nSPS) is 12.4. The van der Waals surface area contributed by atoms with E-state index in [0.717, 1.165) is 0 Å². The minimum Gasteiger partial charge on any atom is -0.393 e. The van der Waals surface area contributed by atoms with E-state index in [0.29, 0.717) is 25.9 Å². The number of nitrogens with one attached hydrogen (secondary N) is 1. The molecule has 0 fully saturated rings. The Balaban J connectivity index is 2.09. The van der Waals surface area contributed by atoms with E-state index in [2.05, 4.69) is 10.3 Å². The van der Waals surface area contributed by atoms with Crippen LogP contribution in [0.1, 0.15) is 19.8 Å². The molecule has 1 aromatic rings. The largest absolute Gasteiger partial charge is 0.393 e. The number of hydrogen-bond donors (Lipinski definition) is 2. The van der Waals surface area contributed by atoms with Crippen LogP contribution in [0, 0.1) is 0 Å². The van der Waals surface area contributed by atoms with E-state index in [1.165, 1.54) is 0 Å². The molecule has 2 N–H and O–H groups in total. The van der Waals surface area contributed by atoms with E-state index in [9.17, 15) is 4.79 Å². The third-order valence-corrected chi connectivity index (χ3v) is 2.04. The van der Waals surface area contributed by atoms with Gasteiger partial charge in [0.05, 0.1) is 12.4 Å². The third-order valence-electron chi connectivity index (χ3n) is 2.04. The first-order valence-corrected chi connectivity index (χ1v) is 5.09. The van der Waals surface area contributed by atoms with Gasteiger partial charge in [0.2, 0.25) is 5.91 Å². The molecule has 0 aromatic carbocycles. The number of hydrogen-bond acceptors (Lipinski definition) is 3. The van der Waals surface area contributed by atoms with Gasteiger partial charge in [-0.25, -0.2) is 4.98 Å². The lowest BCUT2D eigenvalue weighted by molar-refractivity contribution is -0.121. The lowest BCUT2D eigenvalue weighted by Crippen LogP contribution is -2.27. The second-order valence-electron chi connectivity index (χ2n) is 3.54. The molecule has 5 nitrogen and oxygen atoms in total. The van der Waals surface area contributed by atoms with Gasteiger partial charge in [0.15, 0.2) is 0 Å². The summed E-state index contributed by atoms with van der Waals surface area (Å²) < 4.78 is 1.86. The van der Waals surface area contributed by atoms with Crippen molar-refractivity contribution in [1.29, 1.82) is 0 Å². The Kier molecular flexibility index (Phi) is 4.83. The van der Waals surface area contributed by atoms with Crippen molar-refractivity contribution >= 4 is 5.91 Å². The summed E-state index contributed by atoms with van der Waals surface area (Å²) in [4.78, 5) is 15.2. The molecule has 0 saturated heterocycles. The van der Waals surface area contributed by atoms with Crippen LogP contribution in [0.5, 0.6) is 0 Å². The van der Waals surface area contributed by atoms with Crippen LogP contribution >= 0.6 is 0 Å². The highest BCUT2D eigenvalue weighted by Crippen LogP contribution is 1.91. The molecule has 5 heteroatoms. The van der Waals surface area contributed by atoms with Crippen LogP contribution in [0.15, 0.2) is 18.7 Å². The zero-order valence-corrected chi connectivity index (χ0v) is 8.89. The summed E-state index contributed by atoms with van der Waals surface area (Å²) in [6.45, 7) is 2.87. The molecule has 0 bridgehead atoms. The highest BCUT2D eigenvalue weighted by Gasteiger charge is 2.02. The first-order chi connectivity index (χ1) is 7.18. The van der Waals surface area contributed by atoms with Gasteiger partial charge < -0.3 is 15.0 Å². The van der Waals surface area contributed by atoms with E-state index in [-0.39, 0.29) is 12.0 Å². The Hall–Kier alpha value is -1.36. The predicted molar refractivity (Wildman–Crippen MR) is 56.2 cm³/mol. The van der Waals surface area contributed by atoms with Crippen LogP contribution in [0.2, 0.25) is 0 Å². The average Bonchev–Trinajstić information content (AvgIpc) is 2.66. The van der Waals surface area contributed by atoms with Crippen molar-refractivity contribution < 1.29 is 9.90 Å². The zero-order chi connectivity index (χ0) is 11.1. The van der Waals surface area contributed by atoms with Gasteiger partial charge in [-0.1, -0.05) is 0 Å². The molecule has 1 amide bonds. The molecule has 0 aliphatic heterocycles. The predicted octanol–water partition coefficient (Wildman–Crippen LogP) is 0.160. The first-order valence-electron chi connectivity index (χ1n) is 5.09. The van der Waals surface area contributed by atoms with E-state index < -0.39 is 0 Å². The molecule has 0 radical (unpaired) electrons. The number of amides is 1. The lowest BCUT2D eigenvalue weighted by atomic mass is 10.3. The van der Waals surface area contributed by atoms with Crippen LogP contribution in [-0.2, 0) is 11.3 Å². The van der Waals surface area contributed by atoms with E-state index in [4.69, 9.17) is 5.11 Å². The Morgan fingerprint density at radius 2 is 2.47 bits per heavy atom. The maximum atomic E-state index is 11.3. The number of aromatic nitrogens is 2. The molecule has 1 heterocycles. The van der Waals surface area contributed by atoms with E-state index >= 15 is 0 Å². The summed E-state index contributed by atoms with van der Waals surface area (Å²) in [6.07, 6.45) is 5.86. The Bertz CT molecular complexity index is 283. The molecule has 1 rings (SSSR count). The first kappa shape index (κ1) is 11.7. The fourth-order valence-electron chi connectivity index (χ4n) is 1.16. The molecule has 0 spiro atoms. The zero-order valence-electron chi connectivity index (χ0n) is 8.89. The second kappa shape index (κ2) is 6.19. The molecular weight excluding hydrogens is 194 g/mol. The van der Waals surface area contributed by atoms with Crippen molar-refractivity contribution in [2.75, 3.05) is 6.54 Å². The summed E-state index contributed by atoms with van der Waals surface area (Å²) in [5.74, 6) is 0.00403.